The standard InChI is InChI=1S/C25H19F3N2O5S/c1-24(23(31)32,21-14-29-22-19(25(26,27)28)7-4-8-20(22)30-21)15-9-11-16(12-10-15)35-17-5-3-6-18(13-17)36(2,33)34/h3-14H,1-2H3,(H,31,32). The number of ether oxygens (including phenoxy) is 1. The van der Waals surface area contributed by atoms with Crippen molar-refractivity contribution in [3.05, 3.63) is 89.7 Å². The van der Waals surface area contributed by atoms with E-state index < -0.39 is 33.0 Å². The van der Waals surface area contributed by atoms with E-state index in [1.807, 2.05) is 0 Å². The number of halogens is 3. The topological polar surface area (TPSA) is 106 Å². The van der Waals surface area contributed by atoms with Crippen molar-refractivity contribution in [2.24, 2.45) is 0 Å². The number of nitrogens with zero attached hydrogens (tertiary/aromatic N) is 2. The minimum atomic E-state index is -4.64. The quantitative estimate of drug-likeness (QED) is 0.374. The first-order valence-electron chi connectivity index (χ1n) is 10.5. The van der Waals surface area contributed by atoms with E-state index in [4.69, 9.17) is 4.74 Å². The summed E-state index contributed by atoms with van der Waals surface area (Å²) in [5, 5.41) is 10.1. The summed E-state index contributed by atoms with van der Waals surface area (Å²) in [4.78, 5) is 20.6. The number of benzene rings is 3. The molecule has 1 atom stereocenters. The van der Waals surface area contributed by atoms with E-state index in [0.29, 0.717) is 5.75 Å². The summed E-state index contributed by atoms with van der Waals surface area (Å²) in [6.07, 6.45) is -2.53. The summed E-state index contributed by atoms with van der Waals surface area (Å²) in [5.41, 5.74) is -2.91. The van der Waals surface area contributed by atoms with Gasteiger partial charge in [-0.1, -0.05) is 24.3 Å². The predicted octanol–water partition coefficient (Wildman–Crippen LogP) is 5.24. The van der Waals surface area contributed by atoms with E-state index in [2.05, 4.69) is 9.97 Å². The monoisotopic (exact) mass is 516 g/mol. The van der Waals surface area contributed by atoms with Gasteiger partial charge < -0.3 is 9.84 Å². The first-order valence-corrected chi connectivity index (χ1v) is 12.3. The average molecular weight is 516 g/mol. The molecule has 0 saturated carbocycles. The molecule has 11 heteroatoms. The molecule has 0 saturated heterocycles. The molecule has 0 fully saturated rings. The Morgan fingerprint density at radius 1 is 0.972 bits per heavy atom. The molecule has 0 aliphatic rings. The van der Waals surface area contributed by atoms with Crippen molar-refractivity contribution in [1.82, 2.24) is 9.97 Å². The number of alkyl halides is 3. The van der Waals surface area contributed by atoms with Gasteiger partial charge in [-0.3, -0.25) is 9.78 Å². The number of hydrogen-bond donors (Lipinski definition) is 1. The van der Waals surface area contributed by atoms with Gasteiger partial charge in [-0.2, -0.15) is 13.2 Å². The third-order valence-corrected chi connectivity index (χ3v) is 6.83. The van der Waals surface area contributed by atoms with Gasteiger partial charge in [-0.25, -0.2) is 13.4 Å². The van der Waals surface area contributed by atoms with Gasteiger partial charge in [-0.15, -0.1) is 0 Å². The van der Waals surface area contributed by atoms with Crippen LogP contribution in [0.3, 0.4) is 0 Å². The van der Waals surface area contributed by atoms with Crippen molar-refractivity contribution >= 4 is 26.8 Å². The number of sulfone groups is 1. The number of fused-ring (bicyclic) bond motifs is 1. The summed E-state index contributed by atoms with van der Waals surface area (Å²) in [5.74, 6) is -0.693. The van der Waals surface area contributed by atoms with E-state index in [1.54, 1.807) is 6.07 Å². The van der Waals surface area contributed by atoms with Crippen molar-refractivity contribution in [2.75, 3.05) is 6.26 Å². The Kier molecular flexibility index (Phi) is 6.21. The Bertz CT molecular complexity index is 1570. The molecule has 4 aromatic rings. The predicted molar refractivity (Wildman–Crippen MR) is 125 cm³/mol. The van der Waals surface area contributed by atoms with Crippen molar-refractivity contribution in [3.63, 3.8) is 0 Å². The van der Waals surface area contributed by atoms with Crippen LogP contribution >= 0.6 is 0 Å². The lowest BCUT2D eigenvalue weighted by Crippen LogP contribution is -2.35. The van der Waals surface area contributed by atoms with Crippen LogP contribution in [0.1, 0.15) is 23.7 Å². The number of carboxylic acids is 1. The summed E-state index contributed by atoms with van der Waals surface area (Å²) >= 11 is 0. The van der Waals surface area contributed by atoms with Crippen LogP contribution in [0.5, 0.6) is 11.5 Å². The Morgan fingerprint density at radius 2 is 1.64 bits per heavy atom. The molecule has 0 bridgehead atoms. The molecule has 0 aliphatic carbocycles. The van der Waals surface area contributed by atoms with Crippen molar-refractivity contribution < 1.29 is 36.2 Å². The van der Waals surface area contributed by atoms with Crippen molar-refractivity contribution in [1.29, 1.82) is 0 Å². The van der Waals surface area contributed by atoms with E-state index in [1.165, 1.54) is 61.5 Å². The number of aromatic nitrogens is 2. The molecule has 186 valence electrons. The molecule has 1 N–H and O–H groups in total. The molecule has 1 heterocycles. The number of carboxylic acid groups (broad SMARTS) is 1. The van der Waals surface area contributed by atoms with Crippen LogP contribution in [0.4, 0.5) is 13.2 Å². The third kappa shape index (κ3) is 4.74. The molecular weight excluding hydrogens is 497 g/mol. The Morgan fingerprint density at radius 3 is 2.25 bits per heavy atom. The zero-order valence-electron chi connectivity index (χ0n) is 18.9. The summed E-state index contributed by atoms with van der Waals surface area (Å²) in [7, 11) is -3.43. The highest BCUT2D eigenvalue weighted by molar-refractivity contribution is 7.90. The molecule has 0 spiro atoms. The molecule has 1 aromatic heterocycles. The summed E-state index contributed by atoms with van der Waals surface area (Å²) < 4.78 is 69.2. The number of aliphatic carboxylic acids is 1. The average Bonchev–Trinajstić information content (AvgIpc) is 2.82. The van der Waals surface area contributed by atoms with Crippen LogP contribution in [-0.4, -0.2) is 35.7 Å². The van der Waals surface area contributed by atoms with Crippen molar-refractivity contribution in [2.45, 2.75) is 23.4 Å². The highest BCUT2D eigenvalue weighted by atomic mass is 32.2. The number of para-hydroxylation sites is 1. The molecule has 0 radical (unpaired) electrons. The first kappa shape index (κ1) is 25.1. The van der Waals surface area contributed by atoms with Crippen LogP contribution in [0.25, 0.3) is 11.0 Å². The lowest BCUT2D eigenvalue weighted by molar-refractivity contribution is -0.141. The largest absolute Gasteiger partial charge is 0.480 e. The smallest absolute Gasteiger partial charge is 0.418 e. The molecule has 0 amide bonds. The fraction of sp³-hybridized carbons (Fsp3) is 0.160. The number of hydrogen-bond acceptors (Lipinski definition) is 6. The molecule has 7 nitrogen and oxygen atoms in total. The van der Waals surface area contributed by atoms with Gasteiger partial charge >= 0.3 is 12.1 Å². The van der Waals surface area contributed by atoms with E-state index in [-0.39, 0.29) is 32.9 Å². The number of carbonyl (C=O) groups is 1. The van der Waals surface area contributed by atoms with Crippen LogP contribution in [0.15, 0.2) is 77.8 Å². The molecule has 1 unspecified atom stereocenters. The van der Waals surface area contributed by atoms with Gasteiger partial charge in [0.2, 0.25) is 0 Å². The fourth-order valence-electron chi connectivity index (χ4n) is 3.65. The van der Waals surface area contributed by atoms with Gasteiger partial charge in [0.05, 0.1) is 27.9 Å². The molecule has 3 aromatic carbocycles. The van der Waals surface area contributed by atoms with Gasteiger partial charge in [0.25, 0.3) is 0 Å². The van der Waals surface area contributed by atoms with Gasteiger partial charge in [0.1, 0.15) is 22.4 Å². The second kappa shape index (κ2) is 8.90. The van der Waals surface area contributed by atoms with Gasteiger partial charge in [0, 0.05) is 6.26 Å². The zero-order valence-corrected chi connectivity index (χ0v) is 19.8. The minimum absolute atomic E-state index is 0.0450. The van der Waals surface area contributed by atoms with Crippen molar-refractivity contribution in [3.8, 4) is 11.5 Å². The maximum absolute atomic E-state index is 13.3. The maximum Gasteiger partial charge on any atom is 0.418 e. The first-order chi connectivity index (χ1) is 16.8. The number of rotatable bonds is 6. The molecule has 4 rings (SSSR count). The third-order valence-electron chi connectivity index (χ3n) is 5.72. The zero-order chi connectivity index (χ0) is 26.3. The van der Waals surface area contributed by atoms with Gasteiger partial charge in [-0.05, 0) is 55.0 Å². The summed E-state index contributed by atoms with van der Waals surface area (Å²) in [6.45, 7) is 1.38. The molecule has 0 aliphatic heterocycles. The van der Waals surface area contributed by atoms with Crippen LogP contribution in [-0.2, 0) is 26.2 Å². The Labute approximate surface area is 204 Å². The van der Waals surface area contributed by atoms with E-state index in [0.717, 1.165) is 18.5 Å². The van der Waals surface area contributed by atoms with E-state index in [9.17, 15) is 31.5 Å². The SMILES string of the molecule is CC(C(=O)O)(c1ccc(Oc2cccc(S(C)(=O)=O)c2)cc1)c1cnc2c(C(F)(F)F)cccc2n1. The summed E-state index contributed by atoms with van der Waals surface area (Å²) in [6, 6.07) is 15.3. The lowest BCUT2D eigenvalue weighted by atomic mass is 9.79. The molecular formula is C25H19F3N2O5S. The van der Waals surface area contributed by atoms with Gasteiger partial charge in [0.15, 0.2) is 9.84 Å². The highest BCUT2D eigenvalue weighted by Crippen LogP contribution is 2.36. The van der Waals surface area contributed by atoms with Crippen LogP contribution in [0.2, 0.25) is 0 Å². The maximum atomic E-state index is 13.3. The second-order valence-electron chi connectivity index (χ2n) is 8.23. The Hall–Kier alpha value is -3.99. The fourth-order valence-corrected chi connectivity index (χ4v) is 4.31. The second-order valence-corrected chi connectivity index (χ2v) is 10.2. The van der Waals surface area contributed by atoms with Crippen LogP contribution in [0, 0.1) is 0 Å². The molecule has 36 heavy (non-hydrogen) atoms. The lowest BCUT2D eigenvalue weighted by Gasteiger charge is -2.25. The minimum Gasteiger partial charge on any atom is -0.480 e. The van der Waals surface area contributed by atoms with Crippen LogP contribution < -0.4 is 4.74 Å². The Balaban J connectivity index is 1.70. The highest BCUT2D eigenvalue weighted by Gasteiger charge is 2.40. The normalized spacial score (nSPS) is 13.8. The van der Waals surface area contributed by atoms with E-state index >= 15 is 0 Å².